The molecule has 0 saturated carbocycles. The van der Waals surface area contributed by atoms with E-state index in [1.807, 2.05) is 32.9 Å². The van der Waals surface area contributed by atoms with E-state index in [9.17, 15) is 9.59 Å². The van der Waals surface area contributed by atoms with E-state index in [4.69, 9.17) is 5.73 Å². The minimum atomic E-state index is -0.708. The molecule has 0 spiro atoms. The number of amides is 3. The van der Waals surface area contributed by atoms with E-state index < -0.39 is 12.1 Å². The fraction of sp³-hybridized carbons (Fsp3) is 0.385. The first kappa shape index (κ1) is 15.5. The number of halogens is 1. The van der Waals surface area contributed by atoms with Gasteiger partial charge in [0.2, 0.25) is 5.91 Å². The topological polar surface area (TPSA) is 84.2 Å². The van der Waals surface area contributed by atoms with Crippen molar-refractivity contribution in [2.75, 3.05) is 5.32 Å². The summed E-state index contributed by atoms with van der Waals surface area (Å²) in [7, 11) is 0. The highest BCUT2D eigenvalue weighted by atomic mass is 79.9. The van der Waals surface area contributed by atoms with Crippen molar-refractivity contribution in [3.05, 3.63) is 28.2 Å². The molecule has 104 valence electrons. The van der Waals surface area contributed by atoms with Gasteiger partial charge >= 0.3 is 6.03 Å². The van der Waals surface area contributed by atoms with Crippen LogP contribution in [0, 0.1) is 12.8 Å². The van der Waals surface area contributed by atoms with Crippen LogP contribution in [0.1, 0.15) is 19.4 Å². The van der Waals surface area contributed by atoms with E-state index in [0.717, 1.165) is 10.0 Å². The monoisotopic (exact) mass is 327 g/mol. The third-order valence-corrected chi connectivity index (χ3v) is 3.56. The van der Waals surface area contributed by atoms with Gasteiger partial charge in [-0.2, -0.15) is 0 Å². The number of carbonyl (C=O) groups is 2. The van der Waals surface area contributed by atoms with Crippen LogP contribution in [0.4, 0.5) is 10.5 Å². The Morgan fingerprint density at radius 1 is 1.32 bits per heavy atom. The molecule has 0 aromatic heterocycles. The van der Waals surface area contributed by atoms with Crippen molar-refractivity contribution in [1.29, 1.82) is 0 Å². The second kappa shape index (κ2) is 6.56. The summed E-state index contributed by atoms with van der Waals surface area (Å²) in [6, 6.07) is 4.14. The Morgan fingerprint density at radius 2 is 1.95 bits per heavy atom. The highest BCUT2D eigenvalue weighted by molar-refractivity contribution is 9.10. The zero-order valence-electron chi connectivity index (χ0n) is 11.2. The predicted molar refractivity (Wildman–Crippen MR) is 78.9 cm³/mol. The number of hydrogen-bond acceptors (Lipinski definition) is 2. The van der Waals surface area contributed by atoms with Crippen molar-refractivity contribution in [1.82, 2.24) is 5.32 Å². The molecular formula is C13H18BrN3O2. The van der Waals surface area contributed by atoms with Crippen LogP contribution in [-0.2, 0) is 4.79 Å². The Balaban J connectivity index is 2.81. The average molecular weight is 328 g/mol. The summed E-state index contributed by atoms with van der Waals surface area (Å²) in [5.41, 5.74) is 6.77. The van der Waals surface area contributed by atoms with Crippen LogP contribution in [0.3, 0.4) is 0 Å². The average Bonchev–Trinajstić information content (AvgIpc) is 2.30. The number of hydrogen-bond donors (Lipinski definition) is 3. The Morgan fingerprint density at radius 3 is 2.42 bits per heavy atom. The van der Waals surface area contributed by atoms with Gasteiger partial charge in [0.25, 0.3) is 0 Å². The van der Waals surface area contributed by atoms with Crippen molar-refractivity contribution in [2.24, 2.45) is 11.7 Å². The smallest absolute Gasteiger partial charge is 0.312 e. The van der Waals surface area contributed by atoms with E-state index in [2.05, 4.69) is 26.6 Å². The second-order valence-corrected chi connectivity index (χ2v) is 5.54. The first-order chi connectivity index (χ1) is 8.81. The third-order valence-electron chi connectivity index (χ3n) is 2.67. The van der Waals surface area contributed by atoms with E-state index in [1.54, 1.807) is 6.07 Å². The molecule has 6 heteroatoms. The van der Waals surface area contributed by atoms with Crippen molar-refractivity contribution in [3.63, 3.8) is 0 Å². The predicted octanol–water partition coefficient (Wildman–Crippen LogP) is 2.39. The van der Waals surface area contributed by atoms with Crippen LogP contribution in [0.25, 0.3) is 0 Å². The summed E-state index contributed by atoms with van der Waals surface area (Å²) in [5.74, 6) is -0.334. The van der Waals surface area contributed by atoms with Gasteiger partial charge in [-0.3, -0.25) is 4.79 Å². The molecule has 0 radical (unpaired) electrons. The molecule has 19 heavy (non-hydrogen) atoms. The van der Waals surface area contributed by atoms with Gasteiger partial charge in [-0.25, -0.2) is 4.79 Å². The van der Waals surface area contributed by atoms with E-state index >= 15 is 0 Å². The molecular weight excluding hydrogens is 310 g/mol. The molecule has 1 aromatic rings. The van der Waals surface area contributed by atoms with E-state index in [-0.39, 0.29) is 11.8 Å². The quantitative estimate of drug-likeness (QED) is 0.793. The van der Waals surface area contributed by atoms with Crippen molar-refractivity contribution in [2.45, 2.75) is 26.8 Å². The number of rotatable bonds is 4. The van der Waals surface area contributed by atoms with Gasteiger partial charge in [0, 0.05) is 10.2 Å². The fourth-order valence-electron chi connectivity index (χ4n) is 1.63. The summed E-state index contributed by atoms with van der Waals surface area (Å²) < 4.78 is 0.973. The number of primary amides is 1. The number of nitrogens with one attached hydrogen (secondary N) is 2. The first-order valence-corrected chi connectivity index (χ1v) is 6.73. The van der Waals surface area contributed by atoms with Crippen LogP contribution < -0.4 is 16.4 Å². The molecule has 0 aliphatic carbocycles. The van der Waals surface area contributed by atoms with Crippen LogP contribution in [0.15, 0.2) is 22.7 Å². The largest absolute Gasteiger partial charge is 0.352 e. The van der Waals surface area contributed by atoms with Gasteiger partial charge in [-0.15, -0.1) is 0 Å². The molecule has 0 heterocycles. The molecule has 0 aliphatic heterocycles. The summed E-state index contributed by atoms with van der Waals surface area (Å²) in [5, 5.41) is 5.21. The Labute approximate surface area is 121 Å². The van der Waals surface area contributed by atoms with E-state index in [1.165, 1.54) is 0 Å². The molecule has 3 amide bonds. The number of benzene rings is 1. The van der Waals surface area contributed by atoms with Crippen LogP contribution >= 0.6 is 15.9 Å². The zero-order valence-corrected chi connectivity index (χ0v) is 12.7. The summed E-state index contributed by atoms with van der Waals surface area (Å²) >= 11 is 3.39. The minimum Gasteiger partial charge on any atom is -0.352 e. The highest BCUT2D eigenvalue weighted by Crippen LogP contribution is 2.20. The molecule has 0 aliphatic rings. The zero-order chi connectivity index (χ0) is 14.6. The molecule has 0 bridgehead atoms. The normalized spacial score (nSPS) is 12.1. The molecule has 0 fully saturated rings. The Kier molecular flexibility index (Phi) is 5.35. The Hall–Kier alpha value is -1.56. The maximum absolute atomic E-state index is 12.1. The van der Waals surface area contributed by atoms with Gasteiger partial charge in [-0.05, 0) is 36.6 Å². The lowest BCUT2D eigenvalue weighted by Gasteiger charge is -2.20. The van der Waals surface area contributed by atoms with Crippen molar-refractivity contribution < 1.29 is 9.59 Å². The minimum absolute atomic E-state index is 0.0518. The summed E-state index contributed by atoms with van der Waals surface area (Å²) in [6.07, 6.45) is 0. The van der Waals surface area contributed by atoms with Gasteiger partial charge in [0.15, 0.2) is 0 Å². The fourth-order valence-corrected chi connectivity index (χ4v) is 1.88. The highest BCUT2D eigenvalue weighted by Gasteiger charge is 2.23. The molecule has 0 unspecified atom stereocenters. The third kappa shape index (κ3) is 4.55. The number of aryl methyl sites for hydroxylation is 1. The van der Waals surface area contributed by atoms with Gasteiger partial charge < -0.3 is 16.4 Å². The summed E-state index contributed by atoms with van der Waals surface area (Å²) in [6.45, 7) is 5.61. The van der Waals surface area contributed by atoms with Crippen molar-refractivity contribution in [3.8, 4) is 0 Å². The molecule has 5 nitrogen and oxygen atoms in total. The van der Waals surface area contributed by atoms with Crippen LogP contribution in [0.5, 0.6) is 0 Å². The summed E-state index contributed by atoms with van der Waals surface area (Å²) in [4.78, 5) is 23.0. The number of carbonyl (C=O) groups excluding carboxylic acids is 2. The second-order valence-electron chi connectivity index (χ2n) is 4.68. The van der Waals surface area contributed by atoms with Crippen LogP contribution in [0.2, 0.25) is 0 Å². The number of nitrogens with two attached hydrogens (primary N) is 1. The van der Waals surface area contributed by atoms with Gasteiger partial charge in [0.05, 0.1) is 0 Å². The molecule has 0 saturated heterocycles. The first-order valence-electron chi connectivity index (χ1n) is 5.94. The van der Waals surface area contributed by atoms with Crippen molar-refractivity contribution >= 4 is 33.6 Å². The lowest BCUT2D eigenvalue weighted by Crippen LogP contribution is -2.49. The standard InChI is InChI=1S/C13H18BrN3O2/c1-7(2)11(17-13(15)19)12(18)16-9-4-5-10(14)8(3)6-9/h4-7,11H,1-3H3,(H,16,18)(H3,15,17,19)/t11-/m1/s1. The molecule has 1 rings (SSSR count). The Bertz CT molecular complexity index is 489. The van der Waals surface area contributed by atoms with Gasteiger partial charge in [-0.1, -0.05) is 29.8 Å². The van der Waals surface area contributed by atoms with Gasteiger partial charge in [0.1, 0.15) is 6.04 Å². The maximum Gasteiger partial charge on any atom is 0.312 e. The lowest BCUT2D eigenvalue weighted by atomic mass is 10.0. The number of anilines is 1. The SMILES string of the molecule is Cc1cc(NC(=O)[C@H](NC(N)=O)C(C)C)ccc1Br. The molecule has 1 atom stereocenters. The number of urea groups is 1. The van der Waals surface area contributed by atoms with E-state index in [0.29, 0.717) is 5.69 Å². The molecule has 4 N–H and O–H groups in total. The van der Waals surface area contributed by atoms with Crippen LogP contribution in [-0.4, -0.2) is 18.0 Å². The molecule has 1 aromatic carbocycles. The lowest BCUT2D eigenvalue weighted by molar-refractivity contribution is -0.118. The maximum atomic E-state index is 12.1.